The number of oxazole rings is 1. The molecule has 8 nitrogen and oxygen atoms in total. The van der Waals surface area contributed by atoms with Crippen molar-refractivity contribution in [2.75, 3.05) is 38.2 Å². The standard InChI is InChI=1S/C22H20N4O4/c1-28-18-6-3-2-5-16(18)8-9-20-24-17(15-23)22(30-20)26-12-10-25(11-13-26)21(27)19-7-4-14-29-19/h2-9,14H,10-13H2,1H3/b9-8+. The molecule has 8 heteroatoms. The number of nitrogens with zero attached hydrogens (tertiary/aromatic N) is 4. The number of piperazine rings is 1. The van der Waals surface area contributed by atoms with Crippen molar-refractivity contribution < 1.29 is 18.4 Å². The smallest absolute Gasteiger partial charge is 0.289 e. The van der Waals surface area contributed by atoms with Gasteiger partial charge in [0.1, 0.15) is 11.8 Å². The fourth-order valence-corrected chi connectivity index (χ4v) is 3.32. The van der Waals surface area contributed by atoms with E-state index in [0.29, 0.717) is 43.7 Å². The van der Waals surface area contributed by atoms with Crippen LogP contribution < -0.4 is 9.64 Å². The normalized spacial score (nSPS) is 14.1. The second kappa shape index (κ2) is 8.57. The molecule has 2 aromatic heterocycles. The van der Waals surface area contributed by atoms with Crippen molar-refractivity contribution in [2.24, 2.45) is 0 Å². The van der Waals surface area contributed by atoms with Crippen LogP contribution in [0.1, 0.15) is 27.7 Å². The van der Waals surface area contributed by atoms with Crippen LogP contribution in [0.15, 0.2) is 51.5 Å². The molecule has 0 bridgehead atoms. The topological polar surface area (TPSA) is 95.7 Å². The number of furan rings is 1. The molecule has 0 atom stereocenters. The van der Waals surface area contributed by atoms with E-state index in [9.17, 15) is 10.1 Å². The Bertz CT molecular complexity index is 1090. The number of para-hydroxylation sites is 1. The van der Waals surface area contributed by atoms with E-state index in [0.717, 1.165) is 11.3 Å². The molecule has 1 saturated heterocycles. The Hall–Kier alpha value is -3.99. The number of nitriles is 1. The van der Waals surface area contributed by atoms with E-state index in [-0.39, 0.29) is 11.6 Å². The minimum absolute atomic E-state index is 0.141. The Morgan fingerprint density at radius 3 is 2.67 bits per heavy atom. The molecule has 4 rings (SSSR count). The van der Waals surface area contributed by atoms with E-state index < -0.39 is 0 Å². The molecular weight excluding hydrogens is 384 g/mol. The summed E-state index contributed by atoms with van der Waals surface area (Å²) in [6.45, 7) is 2.06. The van der Waals surface area contributed by atoms with Gasteiger partial charge >= 0.3 is 0 Å². The van der Waals surface area contributed by atoms with Crippen LogP contribution in [0.3, 0.4) is 0 Å². The first-order chi connectivity index (χ1) is 14.7. The van der Waals surface area contributed by atoms with Crippen molar-refractivity contribution in [3.63, 3.8) is 0 Å². The fraction of sp³-hybridized carbons (Fsp3) is 0.227. The largest absolute Gasteiger partial charge is 0.496 e. The molecule has 30 heavy (non-hydrogen) atoms. The summed E-state index contributed by atoms with van der Waals surface area (Å²) in [5.74, 6) is 1.67. The van der Waals surface area contributed by atoms with Crippen molar-refractivity contribution in [1.82, 2.24) is 9.88 Å². The summed E-state index contributed by atoms with van der Waals surface area (Å²) in [5, 5.41) is 9.47. The molecule has 1 aromatic carbocycles. The maximum atomic E-state index is 12.4. The zero-order valence-electron chi connectivity index (χ0n) is 16.4. The summed E-state index contributed by atoms with van der Waals surface area (Å²) in [7, 11) is 1.61. The van der Waals surface area contributed by atoms with Crippen LogP contribution in [0.25, 0.3) is 12.2 Å². The SMILES string of the molecule is COc1ccccc1/C=C/c1nc(C#N)c(N2CCN(C(=O)c3ccco3)CC2)o1. The minimum atomic E-state index is -0.141. The zero-order valence-corrected chi connectivity index (χ0v) is 16.4. The van der Waals surface area contributed by atoms with Gasteiger partial charge in [0.25, 0.3) is 5.91 Å². The summed E-state index contributed by atoms with van der Waals surface area (Å²) >= 11 is 0. The Balaban J connectivity index is 1.47. The molecule has 152 valence electrons. The first-order valence-electron chi connectivity index (χ1n) is 9.49. The highest BCUT2D eigenvalue weighted by Gasteiger charge is 2.27. The van der Waals surface area contributed by atoms with Crippen LogP contribution in [-0.4, -0.2) is 49.1 Å². The van der Waals surface area contributed by atoms with Gasteiger partial charge in [0.15, 0.2) is 5.76 Å². The van der Waals surface area contributed by atoms with E-state index in [4.69, 9.17) is 13.6 Å². The average Bonchev–Trinajstić information content (AvgIpc) is 3.47. The summed E-state index contributed by atoms with van der Waals surface area (Å²) in [6, 6.07) is 13.0. The molecule has 0 aliphatic carbocycles. The van der Waals surface area contributed by atoms with Gasteiger partial charge in [0.2, 0.25) is 17.5 Å². The van der Waals surface area contributed by atoms with Crippen molar-refractivity contribution in [2.45, 2.75) is 0 Å². The number of amides is 1. The van der Waals surface area contributed by atoms with Gasteiger partial charge < -0.3 is 23.4 Å². The van der Waals surface area contributed by atoms with Gasteiger partial charge in [-0.2, -0.15) is 10.2 Å². The molecule has 0 saturated carbocycles. The highest BCUT2D eigenvalue weighted by molar-refractivity contribution is 5.91. The third-order valence-corrected chi connectivity index (χ3v) is 4.86. The predicted molar refractivity (Wildman–Crippen MR) is 110 cm³/mol. The Morgan fingerprint density at radius 1 is 1.17 bits per heavy atom. The first-order valence-corrected chi connectivity index (χ1v) is 9.49. The lowest BCUT2D eigenvalue weighted by Gasteiger charge is -2.34. The lowest BCUT2D eigenvalue weighted by Crippen LogP contribution is -2.48. The van der Waals surface area contributed by atoms with Crippen LogP contribution in [0.4, 0.5) is 5.88 Å². The van der Waals surface area contributed by atoms with Gasteiger partial charge in [-0.25, -0.2) is 0 Å². The minimum Gasteiger partial charge on any atom is -0.496 e. The summed E-state index contributed by atoms with van der Waals surface area (Å²) in [4.78, 5) is 20.3. The van der Waals surface area contributed by atoms with E-state index >= 15 is 0 Å². The lowest BCUT2D eigenvalue weighted by atomic mass is 10.2. The average molecular weight is 404 g/mol. The van der Waals surface area contributed by atoms with Crippen molar-refractivity contribution >= 4 is 23.9 Å². The number of hydrogen-bond donors (Lipinski definition) is 0. The summed E-state index contributed by atoms with van der Waals surface area (Å²) in [6.07, 6.45) is 5.02. The van der Waals surface area contributed by atoms with Crippen molar-refractivity contribution in [1.29, 1.82) is 5.26 Å². The molecule has 1 amide bonds. The van der Waals surface area contributed by atoms with Crippen LogP contribution >= 0.6 is 0 Å². The monoisotopic (exact) mass is 404 g/mol. The van der Waals surface area contributed by atoms with Gasteiger partial charge in [0, 0.05) is 37.8 Å². The molecule has 0 spiro atoms. The van der Waals surface area contributed by atoms with E-state index in [1.54, 1.807) is 30.2 Å². The zero-order chi connectivity index (χ0) is 20.9. The number of aromatic nitrogens is 1. The van der Waals surface area contributed by atoms with Gasteiger partial charge in [0.05, 0.1) is 13.4 Å². The molecule has 1 aliphatic rings. The highest BCUT2D eigenvalue weighted by Crippen LogP contribution is 2.26. The first kappa shape index (κ1) is 19.3. The lowest BCUT2D eigenvalue weighted by molar-refractivity contribution is 0.0713. The molecule has 0 radical (unpaired) electrons. The number of benzene rings is 1. The number of hydrogen-bond acceptors (Lipinski definition) is 7. The van der Waals surface area contributed by atoms with Crippen LogP contribution in [0.2, 0.25) is 0 Å². The Labute approximate surface area is 173 Å². The molecular formula is C22H20N4O4. The molecule has 1 aliphatic heterocycles. The second-order valence-corrected chi connectivity index (χ2v) is 6.65. The van der Waals surface area contributed by atoms with Gasteiger partial charge in [-0.3, -0.25) is 4.79 Å². The number of carbonyl (C=O) groups is 1. The molecule has 3 aromatic rings. The van der Waals surface area contributed by atoms with Crippen LogP contribution in [0, 0.1) is 11.3 Å². The fourth-order valence-electron chi connectivity index (χ4n) is 3.32. The number of anilines is 1. The highest BCUT2D eigenvalue weighted by atomic mass is 16.5. The summed E-state index contributed by atoms with van der Waals surface area (Å²) in [5.41, 5.74) is 1.10. The van der Waals surface area contributed by atoms with Crippen LogP contribution in [-0.2, 0) is 0 Å². The molecule has 1 fully saturated rings. The van der Waals surface area contributed by atoms with Gasteiger partial charge in [-0.1, -0.05) is 18.2 Å². The molecule has 3 heterocycles. The van der Waals surface area contributed by atoms with Crippen molar-refractivity contribution in [3.05, 3.63) is 65.6 Å². The summed E-state index contributed by atoms with van der Waals surface area (Å²) < 4.78 is 16.4. The Morgan fingerprint density at radius 2 is 1.97 bits per heavy atom. The second-order valence-electron chi connectivity index (χ2n) is 6.65. The van der Waals surface area contributed by atoms with Crippen molar-refractivity contribution in [3.8, 4) is 11.8 Å². The third-order valence-electron chi connectivity index (χ3n) is 4.86. The number of methoxy groups -OCH3 is 1. The molecule has 0 unspecified atom stereocenters. The number of ether oxygens (including phenoxy) is 1. The van der Waals surface area contributed by atoms with E-state index in [1.807, 2.05) is 35.2 Å². The quantitative estimate of drug-likeness (QED) is 0.644. The van der Waals surface area contributed by atoms with Gasteiger partial charge in [-0.15, -0.1) is 0 Å². The van der Waals surface area contributed by atoms with Gasteiger partial charge in [-0.05, 0) is 24.3 Å². The third kappa shape index (κ3) is 3.91. The molecule has 0 N–H and O–H groups in total. The van der Waals surface area contributed by atoms with E-state index in [1.165, 1.54) is 6.26 Å². The van der Waals surface area contributed by atoms with E-state index in [2.05, 4.69) is 11.1 Å². The van der Waals surface area contributed by atoms with Crippen LogP contribution in [0.5, 0.6) is 5.75 Å². The predicted octanol–water partition coefficient (Wildman–Crippen LogP) is 3.28. The number of rotatable bonds is 5. The maximum Gasteiger partial charge on any atom is 0.289 e. The maximum absolute atomic E-state index is 12.4. The number of carbonyl (C=O) groups excluding carboxylic acids is 1. The Kier molecular flexibility index (Phi) is 5.52.